The molecule has 96 heavy (non-hydrogen) atoms. The van der Waals surface area contributed by atoms with Gasteiger partial charge in [-0.05, 0) is 141 Å². The van der Waals surface area contributed by atoms with Crippen LogP contribution in [-0.4, -0.2) is 36.2 Å². The molecule has 9 heteroatoms. The van der Waals surface area contributed by atoms with Crippen molar-refractivity contribution in [3.63, 3.8) is 0 Å². The molecule has 3 aromatic heterocycles. The number of fused-ring (bicyclic) bond motifs is 7. The van der Waals surface area contributed by atoms with Crippen LogP contribution < -0.4 is 26.2 Å². The lowest BCUT2D eigenvalue weighted by molar-refractivity contribution is 0.590. The molecule has 0 amide bonds. The maximum absolute atomic E-state index is 5.82. The van der Waals surface area contributed by atoms with Crippen LogP contribution in [0.5, 0.6) is 0 Å². The Morgan fingerprint density at radius 1 is 0.292 bits per heavy atom. The predicted molar refractivity (Wildman–Crippen MR) is 399 cm³/mol. The van der Waals surface area contributed by atoms with Crippen LogP contribution in [0.2, 0.25) is 0 Å². The van der Waals surface area contributed by atoms with Gasteiger partial charge in [0.05, 0.1) is 33.8 Å². The van der Waals surface area contributed by atoms with Crippen LogP contribution >= 0.6 is 0 Å². The number of aromatic nitrogens is 6. The van der Waals surface area contributed by atoms with E-state index in [-0.39, 0.29) is 17.5 Å². The van der Waals surface area contributed by atoms with Gasteiger partial charge in [-0.15, -0.1) is 0 Å². The van der Waals surface area contributed by atoms with Crippen LogP contribution in [0.25, 0.3) is 107 Å². The summed E-state index contributed by atoms with van der Waals surface area (Å²) >= 11 is 0. The second-order valence-electron chi connectivity index (χ2n) is 27.3. The van der Waals surface area contributed by atoms with Crippen molar-refractivity contribution in [2.45, 2.75) is 52.4 Å². The van der Waals surface area contributed by atoms with Crippen molar-refractivity contribution in [2.24, 2.45) is 0 Å². The van der Waals surface area contributed by atoms with Crippen molar-refractivity contribution in [2.75, 3.05) is 9.80 Å². The molecule has 0 N–H and O–H groups in total. The quantitative estimate of drug-likeness (QED) is 0.126. The van der Waals surface area contributed by atoms with Gasteiger partial charge in [0.25, 0.3) is 6.71 Å². The Hall–Kier alpha value is -11.8. The standard InChI is InChI=1S/C87H67BN8/c1-86(2,3)62-44-48-74-67(53-62)68-54-63(87(4,5)6)45-49-75(68)96(74)76-47-43-61(84-92-82(57-29-14-8-15-30-57)91-83(93-84)58-31-16-9-17-32-58)52-69(76)85-89-72(56-27-12-7-13-28-56)55-73(90-85)60-34-26-33-59(51-60)66-46-50-79-80-81(66)95(65-37-20-11-21-38-65)78-42-25-23-40-71(78)88(80)70-39-22-24-41-77(70)94(79)64-35-18-10-19-36-64/h7-55H,1-6H3. The number of rotatable bonds is 10. The minimum Gasteiger partial charge on any atom is -0.311 e. The Labute approximate surface area is 560 Å². The molecule has 0 unspecified atom stereocenters. The topological polar surface area (TPSA) is 75.9 Å². The van der Waals surface area contributed by atoms with Crippen LogP contribution in [0.1, 0.15) is 52.7 Å². The van der Waals surface area contributed by atoms with Crippen molar-refractivity contribution in [3.05, 3.63) is 308 Å². The minimum absolute atomic E-state index is 0.0451. The van der Waals surface area contributed by atoms with Gasteiger partial charge in [-0.2, -0.15) is 0 Å². The van der Waals surface area contributed by atoms with Crippen LogP contribution in [0.4, 0.5) is 34.1 Å². The Kier molecular flexibility index (Phi) is 13.9. The van der Waals surface area contributed by atoms with Gasteiger partial charge in [0.2, 0.25) is 0 Å². The maximum atomic E-state index is 5.82. The minimum atomic E-state index is -0.0832. The fraction of sp³-hybridized carbons (Fsp3) is 0.0920. The molecule has 15 aromatic rings. The third-order valence-electron chi connectivity index (χ3n) is 19.2. The van der Waals surface area contributed by atoms with Gasteiger partial charge < -0.3 is 14.4 Å². The van der Waals surface area contributed by atoms with Gasteiger partial charge >= 0.3 is 0 Å². The molecule has 12 aromatic carbocycles. The molecule has 2 aliphatic heterocycles. The molecule has 0 aliphatic carbocycles. The highest BCUT2D eigenvalue weighted by atomic mass is 15.2. The van der Waals surface area contributed by atoms with Crippen molar-refractivity contribution < 1.29 is 0 Å². The van der Waals surface area contributed by atoms with Gasteiger partial charge in [-0.25, -0.2) is 24.9 Å². The van der Waals surface area contributed by atoms with Crippen molar-refractivity contribution in [3.8, 4) is 84.9 Å². The van der Waals surface area contributed by atoms with Crippen LogP contribution in [-0.2, 0) is 10.8 Å². The van der Waals surface area contributed by atoms with Gasteiger partial charge in [-0.3, -0.25) is 0 Å². The fourth-order valence-corrected chi connectivity index (χ4v) is 14.4. The largest absolute Gasteiger partial charge is 0.311 e. The van der Waals surface area contributed by atoms with Crippen LogP contribution in [0.15, 0.2) is 297 Å². The lowest BCUT2D eigenvalue weighted by Gasteiger charge is -2.45. The Morgan fingerprint density at radius 2 is 0.740 bits per heavy atom. The van der Waals surface area contributed by atoms with E-state index in [1.54, 1.807) is 0 Å². The first kappa shape index (κ1) is 58.0. The molecule has 2 aliphatic rings. The molecule has 0 bridgehead atoms. The zero-order valence-corrected chi connectivity index (χ0v) is 54.4. The lowest BCUT2D eigenvalue weighted by Crippen LogP contribution is -2.61. The van der Waals surface area contributed by atoms with E-state index in [1.165, 1.54) is 44.0 Å². The van der Waals surface area contributed by atoms with E-state index >= 15 is 0 Å². The molecule has 0 saturated carbocycles. The Morgan fingerprint density at radius 3 is 1.29 bits per heavy atom. The summed E-state index contributed by atoms with van der Waals surface area (Å²) in [6.07, 6.45) is 0. The highest BCUT2D eigenvalue weighted by molar-refractivity contribution is 7.00. The maximum Gasteiger partial charge on any atom is 0.252 e. The Bertz CT molecular complexity index is 5370. The molecule has 0 atom stereocenters. The van der Waals surface area contributed by atoms with Crippen LogP contribution in [0, 0.1) is 0 Å². The molecule has 8 nitrogen and oxygen atoms in total. The first-order chi connectivity index (χ1) is 46.9. The van der Waals surface area contributed by atoms with Crippen LogP contribution in [0.3, 0.4) is 0 Å². The van der Waals surface area contributed by atoms with E-state index in [0.29, 0.717) is 23.3 Å². The monoisotopic (exact) mass is 1230 g/mol. The first-order valence-electron chi connectivity index (χ1n) is 33.1. The molecule has 458 valence electrons. The number of anilines is 6. The zero-order chi connectivity index (χ0) is 64.8. The lowest BCUT2D eigenvalue weighted by atomic mass is 9.33. The highest BCUT2D eigenvalue weighted by Gasteiger charge is 2.44. The number of para-hydroxylation sites is 4. The summed E-state index contributed by atoms with van der Waals surface area (Å²) in [6, 6.07) is 107. The fourth-order valence-electron chi connectivity index (χ4n) is 14.4. The highest BCUT2D eigenvalue weighted by Crippen LogP contribution is 2.49. The number of nitrogens with zero attached hydrogens (tertiary/aromatic N) is 8. The zero-order valence-electron chi connectivity index (χ0n) is 54.4. The second-order valence-corrected chi connectivity index (χ2v) is 27.3. The summed E-state index contributed by atoms with van der Waals surface area (Å²) in [4.78, 5) is 32.2. The second kappa shape index (κ2) is 23.0. The van der Waals surface area contributed by atoms with E-state index < -0.39 is 0 Å². The van der Waals surface area contributed by atoms with Crippen molar-refractivity contribution in [1.82, 2.24) is 29.5 Å². The Balaban J connectivity index is 0.914. The average molecular weight is 1240 g/mol. The molecule has 0 fully saturated rings. The summed E-state index contributed by atoms with van der Waals surface area (Å²) in [6.45, 7) is 13.7. The molecule has 17 rings (SSSR count). The molecule has 0 spiro atoms. The summed E-state index contributed by atoms with van der Waals surface area (Å²) in [7, 11) is 0. The van der Waals surface area contributed by atoms with Gasteiger partial charge in [0.1, 0.15) is 0 Å². The number of hydrogen-bond donors (Lipinski definition) is 0. The summed E-state index contributed by atoms with van der Waals surface area (Å²) in [5.41, 5.74) is 25.1. The summed E-state index contributed by atoms with van der Waals surface area (Å²) in [5.74, 6) is 2.26. The summed E-state index contributed by atoms with van der Waals surface area (Å²) < 4.78 is 2.42. The average Bonchev–Trinajstić information content (AvgIpc) is 0.932. The van der Waals surface area contributed by atoms with E-state index in [1.807, 2.05) is 36.4 Å². The number of benzene rings is 12. The van der Waals surface area contributed by atoms with Crippen molar-refractivity contribution in [1.29, 1.82) is 0 Å². The summed E-state index contributed by atoms with van der Waals surface area (Å²) in [5, 5.41) is 2.37. The van der Waals surface area contributed by atoms with E-state index in [9.17, 15) is 0 Å². The third-order valence-corrected chi connectivity index (χ3v) is 19.2. The van der Waals surface area contributed by atoms with Gasteiger partial charge in [0, 0.05) is 78.2 Å². The van der Waals surface area contributed by atoms with E-state index in [0.717, 1.165) is 101 Å². The smallest absolute Gasteiger partial charge is 0.252 e. The normalized spacial score (nSPS) is 12.6. The molecule has 0 saturated heterocycles. The molecule has 5 heterocycles. The van der Waals surface area contributed by atoms with Crippen molar-refractivity contribution >= 4 is 79.0 Å². The van der Waals surface area contributed by atoms with Gasteiger partial charge in [0.15, 0.2) is 23.3 Å². The molecular weight excluding hydrogens is 1170 g/mol. The number of hydrogen-bond acceptors (Lipinski definition) is 7. The SMILES string of the molecule is CC(C)(C)c1ccc2c(c1)c1cc(C(C)(C)C)ccc1n2-c1ccc(-c2nc(-c3ccccc3)nc(-c3ccccc3)n2)cc1-c1nc(-c2ccccc2)cc(-c2cccc(-c3ccc4c5c3N(c3ccccc3)c3ccccc3B5c3ccccc3N4c3ccccc3)c2)n1. The first-order valence-corrected chi connectivity index (χ1v) is 33.1. The molecule has 0 radical (unpaired) electrons. The third kappa shape index (κ3) is 10.1. The van der Waals surface area contributed by atoms with E-state index in [4.69, 9.17) is 24.9 Å². The predicted octanol–water partition coefficient (Wildman–Crippen LogP) is 20.1. The van der Waals surface area contributed by atoms with Gasteiger partial charge in [-0.1, -0.05) is 242 Å². The molecular formula is C87H67BN8. The van der Waals surface area contributed by atoms with E-state index in [2.05, 4.69) is 317 Å².